The lowest BCUT2D eigenvalue weighted by atomic mass is 10.1. The summed E-state index contributed by atoms with van der Waals surface area (Å²) in [5.41, 5.74) is 0. The van der Waals surface area contributed by atoms with Gasteiger partial charge in [-0.25, -0.2) is 0 Å². The second kappa shape index (κ2) is 4.29. The van der Waals surface area contributed by atoms with Gasteiger partial charge in [0.1, 0.15) is 0 Å². The lowest BCUT2D eigenvalue weighted by Crippen LogP contribution is -2.22. The van der Waals surface area contributed by atoms with Crippen molar-refractivity contribution in [3.63, 3.8) is 0 Å². The van der Waals surface area contributed by atoms with E-state index in [0.717, 1.165) is 0 Å². The molecule has 0 bridgehead atoms. The van der Waals surface area contributed by atoms with Crippen LogP contribution in [0.5, 0.6) is 0 Å². The largest absolute Gasteiger partial charge is 0.391 e. The summed E-state index contributed by atoms with van der Waals surface area (Å²) in [7, 11) is -3.64. The molecule has 90 valence electrons. The van der Waals surface area contributed by atoms with Crippen molar-refractivity contribution in [2.75, 3.05) is 5.75 Å². The first kappa shape index (κ1) is 12.8. The van der Waals surface area contributed by atoms with E-state index in [0.29, 0.717) is 0 Å². The van der Waals surface area contributed by atoms with Crippen LogP contribution in [0, 0.1) is 5.92 Å². The maximum absolute atomic E-state index is 12.2. The molecule has 0 saturated heterocycles. The molecule has 0 aliphatic heterocycles. The fraction of sp³-hybridized carbons (Fsp3) is 1.00. The van der Waals surface area contributed by atoms with Crippen molar-refractivity contribution in [3.05, 3.63) is 0 Å². The van der Waals surface area contributed by atoms with Gasteiger partial charge in [0.2, 0.25) is 0 Å². The fourth-order valence-corrected chi connectivity index (χ4v) is 2.33. The summed E-state index contributed by atoms with van der Waals surface area (Å²) in [4.78, 5) is 0. The average Bonchev–Trinajstić information content (AvgIpc) is 2.51. The minimum absolute atomic E-state index is 0.0482. The van der Waals surface area contributed by atoms with Crippen molar-refractivity contribution < 1.29 is 25.8 Å². The highest BCUT2D eigenvalue weighted by atomic mass is 32.2. The summed E-state index contributed by atoms with van der Waals surface area (Å²) in [6.45, 7) is 1.39. The van der Waals surface area contributed by atoms with Gasteiger partial charge in [-0.1, -0.05) is 0 Å². The van der Waals surface area contributed by atoms with Gasteiger partial charge in [0.25, 0.3) is 10.1 Å². The van der Waals surface area contributed by atoms with Crippen LogP contribution in [0.1, 0.15) is 26.2 Å². The fourth-order valence-electron chi connectivity index (χ4n) is 1.60. The molecular weight excluding hydrogens is 233 g/mol. The van der Waals surface area contributed by atoms with Crippen molar-refractivity contribution >= 4 is 10.1 Å². The van der Waals surface area contributed by atoms with Crippen molar-refractivity contribution in [3.8, 4) is 0 Å². The van der Waals surface area contributed by atoms with Gasteiger partial charge in [0.05, 0.1) is 17.8 Å². The molecule has 2 atom stereocenters. The Morgan fingerprint density at radius 1 is 1.33 bits per heavy atom. The van der Waals surface area contributed by atoms with E-state index >= 15 is 0 Å². The van der Waals surface area contributed by atoms with Crippen LogP contribution in [0.4, 0.5) is 13.2 Å². The van der Waals surface area contributed by atoms with Crippen LogP contribution in [0.3, 0.4) is 0 Å². The van der Waals surface area contributed by atoms with Gasteiger partial charge in [-0.2, -0.15) is 21.6 Å². The number of hydrogen-bond donors (Lipinski definition) is 0. The standard InChI is InChI=1S/C8H13F3O3S/c1-2-15(12,13)14-7-4-3-6(5-7)8(9,10)11/h6-7H,2-5H2,1H3. The molecule has 1 rings (SSSR count). The van der Waals surface area contributed by atoms with Crippen LogP contribution in [0.15, 0.2) is 0 Å². The molecule has 2 unspecified atom stereocenters. The van der Waals surface area contributed by atoms with E-state index in [4.69, 9.17) is 0 Å². The lowest BCUT2D eigenvalue weighted by Gasteiger charge is -2.14. The molecule has 15 heavy (non-hydrogen) atoms. The SMILES string of the molecule is CCS(=O)(=O)OC1CCC(C(F)(F)F)C1. The maximum atomic E-state index is 12.2. The molecule has 3 nitrogen and oxygen atoms in total. The Kier molecular flexibility index (Phi) is 3.65. The Balaban J connectivity index is 2.51. The van der Waals surface area contributed by atoms with E-state index in [1.807, 2.05) is 0 Å². The molecule has 0 aromatic carbocycles. The third-order valence-corrected chi connectivity index (χ3v) is 3.76. The van der Waals surface area contributed by atoms with E-state index < -0.39 is 28.3 Å². The highest BCUT2D eigenvalue weighted by Crippen LogP contribution is 2.40. The van der Waals surface area contributed by atoms with Crippen molar-refractivity contribution in [1.29, 1.82) is 0 Å². The zero-order valence-corrected chi connectivity index (χ0v) is 9.07. The van der Waals surface area contributed by atoms with Crippen LogP contribution in [0.25, 0.3) is 0 Å². The topological polar surface area (TPSA) is 43.4 Å². The number of halogens is 3. The maximum Gasteiger partial charge on any atom is 0.391 e. The smallest absolute Gasteiger partial charge is 0.267 e. The number of hydrogen-bond acceptors (Lipinski definition) is 3. The van der Waals surface area contributed by atoms with Crippen LogP contribution >= 0.6 is 0 Å². The van der Waals surface area contributed by atoms with Gasteiger partial charge < -0.3 is 0 Å². The zero-order valence-electron chi connectivity index (χ0n) is 8.25. The van der Waals surface area contributed by atoms with Crippen LogP contribution in [-0.4, -0.2) is 26.5 Å². The van der Waals surface area contributed by atoms with E-state index in [9.17, 15) is 21.6 Å². The van der Waals surface area contributed by atoms with Crippen LogP contribution in [-0.2, 0) is 14.3 Å². The highest BCUT2D eigenvalue weighted by Gasteiger charge is 2.45. The summed E-state index contributed by atoms with van der Waals surface area (Å²) in [5.74, 6) is -1.63. The van der Waals surface area contributed by atoms with Crippen molar-refractivity contribution in [1.82, 2.24) is 0 Å². The molecule has 1 fully saturated rings. The van der Waals surface area contributed by atoms with E-state index in [1.54, 1.807) is 0 Å². The monoisotopic (exact) mass is 246 g/mol. The summed E-state index contributed by atoms with van der Waals surface area (Å²) in [6, 6.07) is 0. The van der Waals surface area contributed by atoms with Gasteiger partial charge in [-0.15, -0.1) is 0 Å². The normalized spacial score (nSPS) is 28.3. The Hall–Kier alpha value is -0.300. The summed E-state index contributed by atoms with van der Waals surface area (Å²) < 4.78 is 63.4. The van der Waals surface area contributed by atoms with Crippen molar-refractivity contribution in [2.45, 2.75) is 38.5 Å². The Bertz CT molecular complexity index is 310. The van der Waals surface area contributed by atoms with Crippen molar-refractivity contribution in [2.24, 2.45) is 5.92 Å². The minimum atomic E-state index is -4.24. The molecule has 0 aromatic heterocycles. The molecule has 0 N–H and O–H groups in total. The molecule has 1 aliphatic rings. The second-order valence-corrected chi connectivity index (χ2v) is 5.50. The molecule has 0 aromatic rings. The van der Waals surface area contributed by atoms with E-state index in [-0.39, 0.29) is 25.0 Å². The number of alkyl halides is 3. The van der Waals surface area contributed by atoms with Gasteiger partial charge in [-0.05, 0) is 26.2 Å². The predicted octanol–water partition coefficient (Wildman–Crippen LogP) is 2.08. The molecule has 1 saturated carbocycles. The molecule has 7 heteroatoms. The molecular formula is C8H13F3O3S. The van der Waals surface area contributed by atoms with Gasteiger partial charge in [0, 0.05) is 0 Å². The highest BCUT2D eigenvalue weighted by molar-refractivity contribution is 7.86. The first-order chi connectivity index (χ1) is 6.74. The quantitative estimate of drug-likeness (QED) is 0.716. The Labute approximate surface area is 86.7 Å². The second-order valence-electron chi connectivity index (χ2n) is 3.62. The molecule has 0 heterocycles. The van der Waals surface area contributed by atoms with Gasteiger partial charge in [0.15, 0.2) is 0 Å². The van der Waals surface area contributed by atoms with Gasteiger partial charge in [-0.3, -0.25) is 4.18 Å². The molecule has 0 amide bonds. The molecule has 0 radical (unpaired) electrons. The number of rotatable bonds is 3. The van der Waals surface area contributed by atoms with E-state index in [1.165, 1.54) is 6.92 Å². The molecule has 1 aliphatic carbocycles. The minimum Gasteiger partial charge on any atom is -0.267 e. The third-order valence-electron chi connectivity index (χ3n) is 2.48. The summed E-state index contributed by atoms with van der Waals surface area (Å²) in [6.07, 6.45) is -5.19. The summed E-state index contributed by atoms with van der Waals surface area (Å²) >= 11 is 0. The zero-order chi connectivity index (χ0) is 11.7. The first-order valence-electron chi connectivity index (χ1n) is 4.72. The first-order valence-corrected chi connectivity index (χ1v) is 6.30. The predicted molar refractivity (Wildman–Crippen MR) is 47.7 cm³/mol. The van der Waals surface area contributed by atoms with Gasteiger partial charge >= 0.3 is 6.18 Å². The Morgan fingerprint density at radius 2 is 1.93 bits per heavy atom. The van der Waals surface area contributed by atoms with Crippen LogP contribution < -0.4 is 0 Å². The third kappa shape index (κ3) is 3.64. The average molecular weight is 246 g/mol. The Morgan fingerprint density at radius 3 is 2.33 bits per heavy atom. The molecule has 0 spiro atoms. The lowest BCUT2D eigenvalue weighted by molar-refractivity contribution is -0.173. The summed E-state index contributed by atoms with van der Waals surface area (Å²) in [5, 5.41) is 0. The van der Waals surface area contributed by atoms with E-state index in [2.05, 4.69) is 4.18 Å². The van der Waals surface area contributed by atoms with Crippen LogP contribution in [0.2, 0.25) is 0 Å².